The number of amides is 1. The van der Waals surface area contributed by atoms with Gasteiger partial charge in [-0.05, 0) is 35.4 Å². The molecule has 0 radical (unpaired) electrons. The first-order valence-electron chi connectivity index (χ1n) is 8.09. The Hall–Kier alpha value is -2.21. The SMILES string of the molecule is O=C1N=C2SCCN2C1(Cc1ccc(F)cc1)Cc1ccc(F)cc1. The lowest BCUT2D eigenvalue weighted by molar-refractivity contribution is -0.125. The largest absolute Gasteiger partial charge is 0.335 e. The van der Waals surface area contributed by atoms with E-state index in [4.69, 9.17) is 0 Å². The maximum absolute atomic E-state index is 13.2. The predicted octanol–water partition coefficient (Wildman–Crippen LogP) is 3.43. The van der Waals surface area contributed by atoms with Gasteiger partial charge in [0.05, 0.1) is 0 Å². The van der Waals surface area contributed by atoms with E-state index in [0.717, 1.165) is 28.6 Å². The van der Waals surface area contributed by atoms with Crippen LogP contribution in [0.15, 0.2) is 53.5 Å². The van der Waals surface area contributed by atoms with Gasteiger partial charge in [-0.2, -0.15) is 4.99 Å². The molecule has 2 aromatic carbocycles. The van der Waals surface area contributed by atoms with Crippen LogP contribution < -0.4 is 0 Å². The normalized spacial score (nSPS) is 18.4. The van der Waals surface area contributed by atoms with Crippen LogP contribution in [0.1, 0.15) is 11.1 Å². The number of carbonyl (C=O) groups is 1. The zero-order valence-corrected chi connectivity index (χ0v) is 14.2. The van der Waals surface area contributed by atoms with Gasteiger partial charge in [-0.1, -0.05) is 36.0 Å². The number of rotatable bonds is 4. The van der Waals surface area contributed by atoms with E-state index in [0.29, 0.717) is 12.8 Å². The molecule has 0 saturated carbocycles. The van der Waals surface area contributed by atoms with Gasteiger partial charge < -0.3 is 4.90 Å². The van der Waals surface area contributed by atoms with Crippen LogP contribution in [0.25, 0.3) is 0 Å². The van der Waals surface area contributed by atoms with Crippen LogP contribution in [0.2, 0.25) is 0 Å². The van der Waals surface area contributed by atoms with E-state index >= 15 is 0 Å². The average Bonchev–Trinajstić information content (AvgIpc) is 3.15. The summed E-state index contributed by atoms with van der Waals surface area (Å²) in [5, 5.41) is 0.759. The molecule has 0 aliphatic carbocycles. The van der Waals surface area contributed by atoms with Gasteiger partial charge in [0.2, 0.25) is 0 Å². The van der Waals surface area contributed by atoms with Crippen LogP contribution in [0.5, 0.6) is 0 Å². The molecule has 1 amide bonds. The fraction of sp³-hybridized carbons (Fsp3) is 0.263. The van der Waals surface area contributed by atoms with Crippen molar-refractivity contribution in [2.75, 3.05) is 12.3 Å². The van der Waals surface area contributed by atoms with E-state index in [1.165, 1.54) is 24.3 Å². The second-order valence-electron chi connectivity index (χ2n) is 6.34. The summed E-state index contributed by atoms with van der Waals surface area (Å²) in [4.78, 5) is 19.2. The Morgan fingerprint density at radius 1 is 0.960 bits per heavy atom. The first-order chi connectivity index (χ1) is 12.1. The molecule has 0 unspecified atom stereocenters. The molecule has 0 bridgehead atoms. The number of thioether (sulfide) groups is 1. The van der Waals surface area contributed by atoms with Crippen LogP contribution in [0.4, 0.5) is 8.78 Å². The zero-order chi connectivity index (χ0) is 17.4. The minimum absolute atomic E-state index is 0.177. The monoisotopic (exact) mass is 358 g/mol. The van der Waals surface area contributed by atoms with Crippen molar-refractivity contribution in [3.63, 3.8) is 0 Å². The van der Waals surface area contributed by atoms with Crippen LogP contribution in [-0.2, 0) is 17.6 Å². The molecule has 25 heavy (non-hydrogen) atoms. The van der Waals surface area contributed by atoms with Crippen LogP contribution >= 0.6 is 11.8 Å². The second kappa shape index (κ2) is 6.26. The van der Waals surface area contributed by atoms with E-state index in [1.54, 1.807) is 36.0 Å². The van der Waals surface area contributed by atoms with Gasteiger partial charge in [-0.3, -0.25) is 4.79 Å². The van der Waals surface area contributed by atoms with Gasteiger partial charge in [0.25, 0.3) is 5.91 Å². The fourth-order valence-electron chi connectivity index (χ4n) is 3.48. The van der Waals surface area contributed by atoms with E-state index in [-0.39, 0.29) is 17.5 Å². The van der Waals surface area contributed by atoms with Gasteiger partial charge in [-0.25, -0.2) is 8.78 Å². The summed E-state index contributed by atoms with van der Waals surface area (Å²) in [7, 11) is 0. The number of amidine groups is 1. The lowest BCUT2D eigenvalue weighted by Crippen LogP contribution is -2.53. The Morgan fingerprint density at radius 2 is 1.48 bits per heavy atom. The third kappa shape index (κ3) is 2.95. The lowest BCUT2D eigenvalue weighted by Gasteiger charge is -2.36. The molecular formula is C19H16F2N2OS. The third-order valence-electron chi connectivity index (χ3n) is 4.71. The van der Waals surface area contributed by atoms with E-state index < -0.39 is 5.54 Å². The highest BCUT2D eigenvalue weighted by Gasteiger charge is 2.51. The van der Waals surface area contributed by atoms with Crippen LogP contribution in [0, 0.1) is 11.6 Å². The number of halogens is 2. The van der Waals surface area contributed by atoms with E-state index in [1.807, 2.05) is 0 Å². The molecule has 6 heteroatoms. The number of benzene rings is 2. The third-order valence-corrected chi connectivity index (χ3v) is 5.67. The Morgan fingerprint density at radius 3 is 2.00 bits per heavy atom. The van der Waals surface area contributed by atoms with Crippen LogP contribution in [-0.4, -0.2) is 33.8 Å². The maximum atomic E-state index is 13.2. The van der Waals surface area contributed by atoms with Crippen LogP contribution in [0.3, 0.4) is 0 Å². The highest BCUT2D eigenvalue weighted by Crippen LogP contribution is 2.38. The Kier molecular flexibility index (Phi) is 4.07. The summed E-state index contributed by atoms with van der Waals surface area (Å²) >= 11 is 1.58. The van der Waals surface area contributed by atoms with E-state index in [2.05, 4.69) is 9.89 Å². The Labute approximate surface area is 148 Å². The number of nitrogens with zero attached hydrogens (tertiary/aromatic N) is 2. The lowest BCUT2D eigenvalue weighted by atomic mass is 9.83. The molecule has 2 aliphatic rings. The van der Waals surface area contributed by atoms with Crippen molar-refractivity contribution in [3.05, 3.63) is 71.3 Å². The average molecular weight is 358 g/mol. The molecule has 3 nitrogen and oxygen atoms in total. The summed E-state index contributed by atoms with van der Waals surface area (Å²) in [5.41, 5.74) is 0.935. The molecule has 4 rings (SSSR count). The molecule has 0 atom stereocenters. The summed E-state index contributed by atoms with van der Waals surface area (Å²) in [6, 6.07) is 12.4. The predicted molar refractivity (Wildman–Crippen MR) is 94.5 cm³/mol. The van der Waals surface area contributed by atoms with Gasteiger partial charge in [0.1, 0.15) is 17.2 Å². The summed E-state index contributed by atoms with van der Waals surface area (Å²) in [6.07, 6.45) is 0.883. The first kappa shape index (κ1) is 16.3. The molecule has 2 aliphatic heterocycles. The first-order valence-corrected chi connectivity index (χ1v) is 9.08. The highest BCUT2D eigenvalue weighted by atomic mass is 32.2. The van der Waals surface area contributed by atoms with Gasteiger partial charge >= 0.3 is 0 Å². The standard InChI is InChI=1S/C19H16F2N2OS/c20-15-5-1-13(2-6-15)11-19(12-14-3-7-16(21)8-4-14)17(24)22-18-23(19)9-10-25-18/h1-8H,9-12H2. The zero-order valence-electron chi connectivity index (χ0n) is 13.4. The van der Waals surface area contributed by atoms with Gasteiger partial charge in [-0.15, -0.1) is 0 Å². The number of fused-ring (bicyclic) bond motifs is 1. The molecular weight excluding hydrogens is 342 g/mol. The number of hydrogen-bond donors (Lipinski definition) is 0. The highest BCUT2D eigenvalue weighted by molar-refractivity contribution is 8.14. The molecule has 0 spiro atoms. The van der Waals surface area contributed by atoms with Gasteiger partial charge in [0, 0.05) is 25.1 Å². The molecule has 0 N–H and O–H groups in total. The van der Waals surface area contributed by atoms with E-state index in [9.17, 15) is 13.6 Å². The molecule has 2 heterocycles. The quantitative estimate of drug-likeness (QED) is 0.839. The Balaban J connectivity index is 1.71. The number of carbonyl (C=O) groups excluding carboxylic acids is 1. The van der Waals surface area contributed by atoms with Gasteiger partial charge in [0.15, 0.2) is 5.17 Å². The summed E-state index contributed by atoms with van der Waals surface area (Å²) in [5.74, 6) is 0.106. The van der Waals surface area contributed by atoms with Crippen molar-refractivity contribution in [2.45, 2.75) is 18.4 Å². The van der Waals surface area contributed by atoms with Crippen molar-refractivity contribution < 1.29 is 13.6 Å². The summed E-state index contributed by atoms with van der Waals surface area (Å²) < 4.78 is 26.5. The topological polar surface area (TPSA) is 32.7 Å². The van der Waals surface area contributed by atoms with Crippen molar-refractivity contribution >= 4 is 22.8 Å². The van der Waals surface area contributed by atoms with Crippen molar-refractivity contribution in [2.24, 2.45) is 4.99 Å². The molecule has 2 aromatic rings. The maximum Gasteiger partial charge on any atom is 0.274 e. The minimum atomic E-state index is -0.825. The van der Waals surface area contributed by atoms with Crippen molar-refractivity contribution in [1.29, 1.82) is 0 Å². The molecule has 1 saturated heterocycles. The van der Waals surface area contributed by atoms with Crippen molar-refractivity contribution in [1.82, 2.24) is 4.90 Å². The fourth-order valence-corrected chi connectivity index (χ4v) is 4.51. The molecule has 128 valence electrons. The second-order valence-corrected chi connectivity index (χ2v) is 7.40. The number of aliphatic imine (C=N–C) groups is 1. The Bertz CT molecular complexity index is 786. The number of hydrogen-bond acceptors (Lipinski definition) is 3. The van der Waals surface area contributed by atoms with Crippen molar-refractivity contribution in [3.8, 4) is 0 Å². The molecule has 1 fully saturated rings. The summed E-state index contributed by atoms with van der Waals surface area (Å²) in [6.45, 7) is 0.748. The smallest absolute Gasteiger partial charge is 0.274 e. The molecule has 0 aromatic heterocycles. The minimum Gasteiger partial charge on any atom is -0.335 e.